The summed E-state index contributed by atoms with van der Waals surface area (Å²) < 4.78 is 13.1. The second kappa shape index (κ2) is 6.72. The molecule has 3 heterocycles. The first kappa shape index (κ1) is 17.0. The number of aromatic nitrogens is 2. The van der Waals surface area contributed by atoms with E-state index in [1.54, 1.807) is 6.07 Å². The number of nitrogens with two attached hydrogens (primary N) is 2. The van der Waals surface area contributed by atoms with Crippen molar-refractivity contribution in [2.75, 3.05) is 42.5 Å². The number of anilines is 3. The van der Waals surface area contributed by atoms with Crippen LogP contribution in [0.4, 0.5) is 22.0 Å². The van der Waals surface area contributed by atoms with Crippen molar-refractivity contribution in [2.24, 2.45) is 5.41 Å². The molecule has 0 amide bonds. The highest BCUT2D eigenvalue weighted by molar-refractivity contribution is 5.51. The fraction of sp³-hybridized carbons (Fsp3) is 0.474. The third kappa shape index (κ3) is 3.58. The molecule has 2 aliphatic rings. The lowest BCUT2D eigenvalue weighted by Crippen LogP contribution is -2.44. The molecular weight excluding hydrogens is 331 g/mol. The van der Waals surface area contributed by atoms with Crippen LogP contribution in [-0.2, 0) is 6.54 Å². The van der Waals surface area contributed by atoms with Crippen molar-refractivity contribution in [1.29, 1.82) is 0 Å². The van der Waals surface area contributed by atoms with Crippen LogP contribution in [0.25, 0.3) is 0 Å². The molecule has 0 radical (unpaired) electrons. The van der Waals surface area contributed by atoms with E-state index >= 15 is 0 Å². The van der Waals surface area contributed by atoms with Gasteiger partial charge in [-0.25, -0.2) is 4.39 Å². The van der Waals surface area contributed by atoms with Gasteiger partial charge in [-0.05, 0) is 43.5 Å². The van der Waals surface area contributed by atoms with Crippen molar-refractivity contribution in [3.8, 4) is 0 Å². The van der Waals surface area contributed by atoms with Gasteiger partial charge >= 0.3 is 0 Å². The van der Waals surface area contributed by atoms with Crippen molar-refractivity contribution >= 4 is 17.6 Å². The molecule has 7 heteroatoms. The summed E-state index contributed by atoms with van der Waals surface area (Å²) in [5, 5.41) is 0. The number of nitrogens with zero attached hydrogens (tertiary/aromatic N) is 4. The summed E-state index contributed by atoms with van der Waals surface area (Å²) in [5.74, 6) is 1.28. The van der Waals surface area contributed by atoms with E-state index in [2.05, 4.69) is 19.8 Å². The predicted molar refractivity (Wildman–Crippen MR) is 101 cm³/mol. The van der Waals surface area contributed by atoms with Gasteiger partial charge in [0.25, 0.3) is 0 Å². The summed E-state index contributed by atoms with van der Waals surface area (Å²) in [4.78, 5) is 13.1. The van der Waals surface area contributed by atoms with E-state index < -0.39 is 0 Å². The van der Waals surface area contributed by atoms with Crippen LogP contribution in [0, 0.1) is 11.2 Å². The lowest BCUT2D eigenvalue weighted by molar-refractivity contribution is 0.0991. The zero-order valence-corrected chi connectivity index (χ0v) is 14.9. The molecule has 0 saturated carbocycles. The van der Waals surface area contributed by atoms with Gasteiger partial charge in [0.1, 0.15) is 17.5 Å². The van der Waals surface area contributed by atoms with Gasteiger partial charge in [-0.3, -0.25) is 4.90 Å². The third-order valence-electron chi connectivity index (χ3n) is 5.57. The largest absolute Gasteiger partial charge is 0.383 e. The minimum atomic E-state index is -0.182. The fourth-order valence-corrected chi connectivity index (χ4v) is 4.39. The molecule has 2 aromatic rings. The van der Waals surface area contributed by atoms with E-state index in [0.717, 1.165) is 50.5 Å². The maximum atomic E-state index is 13.1. The Labute approximate surface area is 153 Å². The lowest BCUT2D eigenvalue weighted by Gasteiger charge is -2.40. The number of halogens is 1. The van der Waals surface area contributed by atoms with Gasteiger partial charge in [-0.2, -0.15) is 9.97 Å². The fourth-order valence-electron chi connectivity index (χ4n) is 4.39. The average molecular weight is 356 g/mol. The predicted octanol–water partition coefficient (Wildman–Crippen LogP) is 2.27. The van der Waals surface area contributed by atoms with Gasteiger partial charge in [-0.1, -0.05) is 12.1 Å². The number of hydrogen-bond donors (Lipinski definition) is 2. The number of rotatable bonds is 3. The average Bonchev–Trinajstić information content (AvgIpc) is 3.00. The van der Waals surface area contributed by atoms with Crippen LogP contribution in [0.5, 0.6) is 0 Å². The molecule has 1 aromatic carbocycles. The quantitative estimate of drug-likeness (QED) is 0.878. The molecule has 26 heavy (non-hydrogen) atoms. The molecule has 1 atom stereocenters. The molecule has 6 nitrogen and oxygen atoms in total. The highest BCUT2D eigenvalue weighted by Crippen LogP contribution is 2.40. The van der Waals surface area contributed by atoms with E-state index in [0.29, 0.717) is 5.82 Å². The Balaban J connectivity index is 1.44. The summed E-state index contributed by atoms with van der Waals surface area (Å²) in [6.45, 7) is 4.93. The molecule has 2 aliphatic heterocycles. The highest BCUT2D eigenvalue weighted by atomic mass is 19.1. The Morgan fingerprint density at radius 3 is 2.62 bits per heavy atom. The molecule has 1 aromatic heterocycles. The van der Waals surface area contributed by atoms with Crippen LogP contribution in [0.3, 0.4) is 0 Å². The summed E-state index contributed by atoms with van der Waals surface area (Å²) in [5.41, 5.74) is 13.0. The minimum absolute atomic E-state index is 0.182. The Morgan fingerprint density at radius 2 is 1.85 bits per heavy atom. The highest BCUT2D eigenvalue weighted by Gasteiger charge is 2.41. The van der Waals surface area contributed by atoms with Gasteiger partial charge in [0.15, 0.2) is 0 Å². The summed E-state index contributed by atoms with van der Waals surface area (Å²) >= 11 is 0. The van der Waals surface area contributed by atoms with Crippen LogP contribution in [-0.4, -0.2) is 41.0 Å². The van der Waals surface area contributed by atoms with Crippen molar-refractivity contribution < 1.29 is 4.39 Å². The SMILES string of the molecule is Nc1cc(N2CCC3(CCCN(Cc4ccc(F)cc4)C3)C2)nc(N)n1. The van der Waals surface area contributed by atoms with Crippen molar-refractivity contribution in [3.05, 3.63) is 41.7 Å². The van der Waals surface area contributed by atoms with E-state index in [1.165, 1.54) is 25.0 Å². The zero-order chi connectivity index (χ0) is 18.1. The van der Waals surface area contributed by atoms with Gasteiger partial charge in [0.05, 0.1) is 0 Å². The molecule has 1 unspecified atom stereocenters. The molecule has 138 valence electrons. The van der Waals surface area contributed by atoms with E-state index in [-0.39, 0.29) is 17.2 Å². The molecule has 0 aliphatic carbocycles. The summed E-state index contributed by atoms with van der Waals surface area (Å²) in [6, 6.07) is 8.63. The van der Waals surface area contributed by atoms with E-state index in [4.69, 9.17) is 11.5 Å². The number of benzene rings is 1. The van der Waals surface area contributed by atoms with Crippen LogP contribution in [0.2, 0.25) is 0 Å². The topological polar surface area (TPSA) is 84.3 Å². The van der Waals surface area contributed by atoms with Crippen molar-refractivity contribution in [3.63, 3.8) is 0 Å². The van der Waals surface area contributed by atoms with Gasteiger partial charge < -0.3 is 16.4 Å². The number of nitrogen functional groups attached to an aromatic ring is 2. The molecule has 2 saturated heterocycles. The first-order valence-electron chi connectivity index (χ1n) is 9.13. The van der Waals surface area contributed by atoms with Gasteiger partial charge in [0, 0.05) is 37.7 Å². The van der Waals surface area contributed by atoms with Gasteiger partial charge in [0.2, 0.25) is 5.95 Å². The molecule has 4 rings (SSSR count). The first-order chi connectivity index (χ1) is 12.5. The second-order valence-electron chi connectivity index (χ2n) is 7.62. The first-order valence-corrected chi connectivity index (χ1v) is 9.13. The normalized spacial score (nSPS) is 23.7. The van der Waals surface area contributed by atoms with Crippen LogP contribution >= 0.6 is 0 Å². The van der Waals surface area contributed by atoms with Crippen LogP contribution < -0.4 is 16.4 Å². The minimum Gasteiger partial charge on any atom is -0.383 e. The Kier molecular flexibility index (Phi) is 4.40. The number of piperidine rings is 1. The monoisotopic (exact) mass is 356 g/mol. The molecule has 0 bridgehead atoms. The molecule has 4 N–H and O–H groups in total. The molecule has 1 spiro atoms. The van der Waals surface area contributed by atoms with Crippen LogP contribution in [0.15, 0.2) is 30.3 Å². The van der Waals surface area contributed by atoms with Gasteiger partial charge in [-0.15, -0.1) is 0 Å². The maximum Gasteiger partial charge on any atom is 0.223 e. The number of likely N-dealkylation sites (tertiary alicyclic amines) is 1. The molecular formula is C19H25FN6. The van der Waals surface area contributed by atoms with Crippen molar-refractivity contribution in [1.82, 2.24) is 14.9 Å². The lowest BCUT2D eigenvalue weighted by atomic mass is 9.79. The zero-order valence-electron chi connectivity index (χ0n) is 14.9. The maximum absolute atomic E-state index is 13.1. The Bertz CT molecular complexity index is 760. The van der Waals surface area contributed by atoms with Crippen LogP contribution in [0.1, 0.15) is 24.8 Å². The second-order valence-corrected chi connectivity index (χ2v) is 7.62. The van der Waals surface area contributed by atoms with E-state index in [1.807, 2.05) is 12.1 Å². The summed E-state index contributed by atoms with van der Waals surface area (Å²) in [6.07, 6.45) is 3.54. The Morgan fingerprint density at radius 1 is 1.04 bits per heavy atom. The third-order valence-corrected chi connectivity index (χ3v) is 5.57. The van der Waals surface area contributed by atoms with E-state index in [9.17, 15) is 4.39 Å². The Hall–Kier alpha value is -2.41. The summed E-state index contributed by atoms with van der Waals surface area (Å²) in [7, 11) is 0. The molecule has 2 fully saturated rings. The standard InChI is InChI=1S/C19H25FN6/c20-15-4-2-14(3-5-15)11-25-8-1-6-19(12-25)7-9-26(13-19)17-10-16(21)23-18(22)24-17/h2-5,10H,1,6-9,11-13H2,(H4,21,22,23,24). The number of hydrogen-bond acceptors (Lipinski definition) is 6. The van der Waals surface area contributed by atoms with Crippen molar-refractivity contribution in [2.45, 2.75) is 25.8 Å². The smallest absolute Gasteiger partial charge is 0.223 e.